The first kappa shape index (κ1) is 14.5. The summed E-state index contributed by atoms with van der Waals surface area (Å²) in [6.45, 7) is 2.79. The number of pyridine rings is 1. The van der Waals surface area contributed by atoms with Crippen molar-refractivity contribution in [3.05, 3.63) is 64.4 Å². The fourth-order valence-corrected chi connectivity index (χ4v) is 2.29. The highest BCUT2D eigenvalue weighted by atomic mass is 35.5. The Morgan fingerprint density at radius 1 is 1.35 bits per heavy atom. The lowest BCUT2D eigenvalue weighted by molar-refractivity contribution is 0.252. The Bertz CT molecular complexity index is 634. The van der Waals surface area contributed by atoms with E-state index >= 15 is 0 Å². The molecule has 0 aliphatic rings. The van der Waals surface area contributed by atoms with Gasteiger partial charge in [-0.05, 0) is 37.7 Å². The van der Waals surface area contributed by atoms with E-state index in [1.54, 1.807) is 6.20 Å². The van der Waals surface area contributed by atoms with Crippen molar-refractivity contribution in [3.8, 4) is 6.07 Å². The summed E-state index contributed by atoms with van der Waals surface area (Å²) in [5, 5.41) is 9.81. The minimum absolute atomic E-state index is 0.209. The van der Waals surface area contributed by atoms with Gasteiger partial charge in [0.15, 0.2) is 0 Å². The quantitative estimate of drug-likeness (QED) is 0.858. The third kappa shape index (κ3) is 3.36. The predicted octanol–water partition coefficient (Wildman–Crippen LogP) is 3.80. The van der Waals surface area contributed by atoms with Gasteiger partial charge in [0.25, 0.3) is 0 Å². The van der Waals surface area contributed by atoms with Gasteiger partial charge in [-0.15, -0.1) is 0 Å². The molecular formula is C16H16ClN3. The summed E-state index contributed by atoms with van der Waals surface area (Å²) in [5.74, 6) is 0. The Labute approximate surface area is 124 Å². The van der Waals surface area contributed by atoms with Crippen LogP contribution in [0.1, 0.15) is 29.8 Å². The van der Waals surface area contributed by atoms with Crippen LogP contribution in [0.5, 0.6) is 0 Å². The van der Waals surface area contributed by atoms with Crippen LogP contribution in [0, 0.1) is 11.3 Å². The molecule has 20 heavy (non-hydrogen) atoms. The molecule has 0 aliphatic heterocycles. The fraction of sp³-hybridized carbons (Fsp3) is 0.250. The third-order valence-corrected chi connectivity index (χ3v) is 3.64. The van der Waals surface area contributed by atoms with Gasteiger partial charge in [0.05, 0.1) is 0 Å². The van der Waals surface area contributed by atoms with E-state index in [-0.39, 0.29) is 6.04 Å². The molecule has 3 nitrogen and oxygen atoms in total. The zero-order valence-electron chi connectivity index (χ0n) is 11.5. The maximum absolute atomic E-state index is 9.07. The Morgan fingerprint density at radius 3 is 2.85 bits per heavy atom. The maximum atomic E-state index is 9.07. The van der Waals surface area contributed by atoms with Crippen molar-refractivity contribution in [2.24, 2.45) is 0 Å². The summed E-state index contributed by atoms with van der Waals surface area (Å²) in [6.07, 6.45) is 1.64. The van der Waals surface area contributed by atoms with Gasteiger partial charge in [-0.25, -0.2) is 4.98 Å². The van der Waals surface area contributed by atoms with Crippen molar-refractivity contribution < 1.29 is 0 Å². The normalized spacial score (nSPS) is 12.2. The number of benzene rings is 1. The fourth-order valence-electron chi connectivity index (χ4n) is 2.09. The average Bonchev–Trinajstić information content (AvgIpc) is 2.47. The van der Waals surface area contributed by atoms with Gasteiger partial charge >= 0.3 is 0 Å². The molecule has 0 aliphatic carbocycles. The molecule has 0 spiro atoms. The number of nitriles is 1. The van der Waals surface area contributed by atoms with Crippen LogP contribution in [-0.2, 0) is 6.54 Å². The number of aromatic nitrogens is 1. The summed E-state index contributed by atoms with van der Waals surface area (Å²) in [7, 11) is 2.03. The van der Waals surface area contributed by atoms with Gasteiger partial charge in [0.1, 0.15) is 11.8 Å². The number of hydrogen-bond acceptors (Lipinski definition) is 3. The van der Waals surface area contributed by atoms with Crippen LogP contribution in [0.25, 0.3) is 0 Å². The Balaban J connectivity index is 2.16. The van der Waals surface area contributed by atoms with Gasteiger partial charge < -0.3 is 0 Å². The summed E-state index contributed by atoms with van der Waals surface area (Å²) in [5.41, 5.74) is 2.58. The minimum atomic E-state index is 0.209. The molecule has 1 unspecified atom stereocenters. The second-order valence-corrected chi connectivity index (χ2v) is 5.21. The van der Waals surface area contributed by atoms with E-state index in [1.807, 2.05) is 37.4 Å². The molecule has 2 aromatic rings. The zero-order chi connectivity index (χ0) is 14.5. The summed E-state index contributed by atoms with van der Waals surface area (Å²) >= 11 is 6.03. The van der Waals surface area contributed by atoms with Gasteiger partial charge in [-0.3, -0.25) is 4.90 Å². The van der Waals surface area contributed by atoms with Gasteiger partial charge in [0.2, 0.25) is 0 Å². The minimum Gasteiger partial charge on any atom is -0.295 e. The van der Waals surface area contributed by atoms with E-state index < -0.39 is 0 Å². The first-order valence-corrected chi connectivity index (χ1v) is 6.79. The number of hydrogen-bond donors (Lipinski definition) is 0. The number of halogens is 1. The molecule has 1 heterocycles. The molecule has 1 atom stereocenters. The molecule has 0 amide bonds. The van der Waals surface area contributed by atoms with Crippen molar-refractivity contribution >= 4 is 11.6 Å². The third-order valence-electron chi connectivity index (χ3n) is 3.41. The van der Waals surface area contributed by atoms with E-state index in [0.717, 1.165) is 16.1 Å². The zero-order valence-corrected chi connectivity index (χ0v) is 12.3. The van der Waals surface area contributed by atoms with Crippen molar-refractivity contribution in [3.63, 3.8) is 0 Å². The molecule has 1 aromatic carbocycles. The molecule has 0 N–H and O–H groups in total. The van der Waals surface area contributed by atoms with Crippen LogP contribution in [0.3, 0.4) is 0 Å². The lowest BCUT2D eigenvalue weighted by Crippen LogP contribution is -2.22. The number of rotatable bonds is 4. The van der Waals surface area contributed by atoms with Crippen molar-refractivity contribution in [1.29, 1.82) is 5.26 Å². The molecular weight excluding hydrogens is 270 g/mol. The second-order valence-electron chi connectivity index (χ2n) is 4.77. The molecule has 2 rings (SSSR count). The SMILES string of the molecule is CC(c1cccc(Cl)c1)N(C)Cc1cccnc1C#N. The number of nitrogens with zero attached hydrogens (tertiary/aromatic N) is 3. The summed E-state index contributed by atoms with van der Waals surface area (Å²) < 4.78 is 0. The first-order chi connectivity index (χ1) is 9.61. The molecule has 0 saturated carbocycles. The lowest BCUT2D eigenvalue weighted by Gasteiger charge is -2.25. The highest BCUT2D eigenvalue weighted by molar-refractivity contribution is 6.30. The second kappa shape index (κ2) is 6.51. The largest absolute Gasteiger partial charge is 0.295 e. The Kier molecular flexibility index (Phi) is 4.73. The van der Waals surface area contributed by atoms with E-state index in [0.29, 0.717) is 12.2 Å². The van der Waals surface area contributed by atoms with Crippen LogP contribution >= 0.6 is 11.6 Å². The highest BCUT2D eigenvalue weighted by Crippen LogP contribution is 2.23. The van der Waals surface area contributed by atoms with Crippen LogP contribution < -0.4 is 0 Å². The van der Waals surface area contributed by atoms with Gasteiger partial charge in [0, 0.05) is 29.4 Å². The maximum Gasteiger partial charge on any atom is 0.144 e. The standard InChI is InChI=1S/C16H16ClN3/c1-12(13-5-3-7-15(17)9-13)20(2)11-14-6-4-8-19-16(14)10-18/h3-9,12H,11H2,1-2H3. The van der Waals surface area contributed by atoms with E-state index in [4.69, 9.17) is 16.9 Å². The average molecular weight is 286 g/mol. The predicted molar refractivity (Wildman–Crippen MR) is 80.3 cm³/mol. The molecule has 0 fully saturated rings. The lowest BCUT2D eigenvalue weighted by atomic mass is 10.1. The molecule has 1 aromatic heterocycles. The smallest absolute Gasteiger partial charge is 0.144 e. The first-order valence-electron chi connectivity index (χ1n) is 6.41. The van der Waals surface area contributed by atoms with Gasteiger partial charge in [-0.1, -0.05) is 29.8 Å². The molecule has 4 heteroatoms. The van der Waals surface area contributed by atoms with E-state index in [2.05, 4.69) is 28.9 Å². The molecule has 102 valence electrons. The topological polar surface area (TPSA) is 39.9 Å². The Hall–Kier alpha value is -1.89. The summed E-state index contributed by atoms with van der Waals surface area (Å²) in [4.78, 5) is 6.26. The van der Waals surface area contributed by atoms with Crippen LogP contribution in [-0.4, -0.2) is 16.9 Å². The summed E-state index contributed by atoms with van der Waals surface area (Å²) in [6, 6.07) is 14.0. The van der Waals surface area contributed by atoms with E-state index in [9.17, 15) is 0 Å². The van der Waals surface area contributed by atoms with Crippen molar-refractivity contribution in [2.45, 2.75) is 19.5 Å². The van der Waals surface area contributed by atoms with Crippen LogP contribution in [0.4, 0.5) is 0 Å². The van der Waals surface area contributed by atoms with Gasteiger partial charge in [-0.2, -0.15) is 5.26 Å². The monoisotopic (exact) mass is 285 g/mol. The molecule has 0 saturated heterocycles. The van der Waals surface area contributed by atoms with Crippen molar-refractivity contribution in [2.75, 3.05) is 7.05 Å². The molecule has 0 bridgehead atoms. The van der Waals surface area contributed by atoms with E-state index in [1.165, 1.54) is 0 Å². The Morgan fingerprint density at radius 2 is 2.15 bits per heavy atom. The van der Waals surface area contributed by atoms with Crippen LogP contribution in [0.15, 0.2) is 42.6 Å². The molecule has 0 radical (unpaired) electrons. The van der Waals surface area contributed by atoms with Crippen molar-refractivity contribution in [1.82, 2.24) is 9.88 Å². The highest BCUT2D eigenvalue weighted by Gasteiger charge is 2.14. The van der Waals surface area contributed by atoms with Crippen LogP contribution in [0.2, 0.25) is 5.02 Å².